The minimum absolute atomic E-state index is 0.0809. The quantitative estimate of drug-likeness (QED) is 0.902. The predicted octanol–water partition coefficient (Wildman–Crippen LogP) is 2.62. The molecule has 1 aromatic carbocycles. The maximum atomic E-state index is 12.1. The molecule has 1 saturated heterocycles. The first-order valence-electron chi connectivity index (χ1n) is 9.75. The summed E-state index contributed by atoms with van der Waals surface area (Å²) in [4.78, 5) is 19.0. The number of carbonyl (C=O) groups is 1. The Morgan fingerprint density at radius 1 is 1.04 bits per heavy atom. The van der Waals surface area contributed by atoms with Crippen molar-refractivity contribution in [3.8, 4) is 0 Å². The Kier molecular flexibility index (Phi) is 5.30. The Balaban J connectivity index is 1.19. The van der Waals surface area contributed by atoms with E-state index < -0.39 is 0 Å². The zero-order chi connectivity index (χ0) is 17.8. The van der Waals surface area contributed by atoms with Crippen LogP contribution in [-0.2, 0) is 24.1 Å². The highest BCUT2D eigenvalue weighted by Gasteiger charge is 2.29. The van der Waals surface area contributed by atoms with Crippen molar-refractivity contribution in [1.82, 2.24) is 15.2 Å². The van der Waals surface area contributed by atoms with E-state index in [1.165, 1.54) is 36.8 Å². The molecule has 4 heteroatoms. The Hall–Kier alpha value is -2.20. The van der Waals surface area contributed by atoms with Gasteiger partial charge in [-0.1, -0.05) is 30.3 Å². The van der Waals surface area contributed by atoms with Crippen molar-refractivity contribution >= 4 is 5.91 Å². The van der Waals surface area contributed by atoms with E-state index in [1.54, 1.807) is 6.20 Å². The molecule has 1 amide bonds. The average Bonchev–Trinajstić information content (AvgIpc) is 3.12. The van der Waals surface area contributed by atoms with Crippen molar-refractivity contribution in [2.75, 3.05) is 19.6 Å². The van der Waals surface area contributed by atoms with Crippen LogP contribution in [0, 0.1) is 5.92 Å². The lowest BCUT2D eigenvalue weighted by atomic mass is 9.95. The van der Waals surface area contributed by atoms with Gasteiger partial charge in [0.1, 0.15) is 0 Å². The summed E-state index contributed by atoms with van der Waals surface area (Å²) in [6.45, 7) is 3.10. The van der Waals surface area contributed by atoms with Crippen LogP contribution in [0.5, 0.6) is 0 Å². The van der Waals surface area contributed by atoms with Crippen LogP contribution in [0.15, 0.2) is 48.7 Å². The van der Waals surface area contributed by atoms with Crippen molar-refractivity contribution in [2.45, 2.75) is 38.1 Å². The second-order valence-electron chi connectivity index (χ2n) is 7.61. The molecule has 4 rings (SSSR count). The maximum absolute atomic E-state index is 12.1. The molecule has 0 saturated carbocycles. The fraction of sp³-hybridized carbons (Fsp3) is 0.455. The molecule has 1 aliphatic carbocycles. The molecule has 0 unspecified atom stereocenters. The zero-order valence-electron chi connectivity index (χ0n) is 15.2. The summed E-state index contributed by atoms with van der Waals surface area (Å²) in [5.41, 5.74) is 3.89. The van der Waals surface area contributed by atoms with E-state index >= 15 is 0 Å². The second-order valence-corrected chi connectivity index (χ2v) is 7.61. The minimum Gasteiger partial charge on any atom is -0.355 e. The third-order valence-corrected chi connectivity index (χ3v) is 5.85. The van der Waals surface area contributed by atoms with Crippen LogP contribution in [0.3, 0.4) is 0 Å². The molecule has 1 aliphatic heterocycles. The molecule has 2 aliphatic rings. The minimum atomic E-state index is 0.0809. The molecular weight excluding hydrogens is 322 g/mol. The molecule has 0 bridgehead atoms. The van der Waals surface area contributed by atoms with E-state index in [2.05, 4.69) is 39.5 Å². The number of amides is 1. The summed E-state index contributed by atoms with van der Waals surface area (Å²) in [6, 6.07) is 15.2. The fourth-order valence-corrected chi connectivity index (χ4v) is 4.30. The Morgan fingerprint density at radius 2 is 1.73 bits per heavy atom. The summed E-state index contributed by atoms with van der Waals surface area (Å²) >= 11 is 0. The predicted molar refractivity (Wildman–Crippen MR) is 103 cm³/mol. The van der Waals surface area contributed by atoms with Crippen LogP contribution in [0.4, 0.5) is 0 Å². The number of hydrogen-bond acceptors (Lipinski definition) is 3. The van der Waals surface area contributed by atoms with Gasteiger partial charge in [0.05, 0.1) is 6.42 Å². The van der Waals surface area contributed by atoms with Crippen LogP contribution in [0.25, 0.3) is 0 Å². The van der Waals surface area contributed by atoms with Gasteiger partial charge in [0.2, 0.25) is 5.91 Å². The number of aromatic nitrogens is 1. The largest absolute Gasteiger partial charge is 0.355 e. The highest BCUT2D eigenvalue weighted by molar-refractivity contribution is 5.78. The summed E-state index contributed by atoms with van der Waals surface area (Å²) in [5.74, 6) is 0.681. The summed E-state index contributed by atoms with van der Waals surface area (Å²) in [7, 11) is 0. The number of pyridine rings is 1. The van der Waals surface area contributed by atoms with E-state index in [4.69, 9.17) is 0 Å². The number of piperidine rings is 1. The first kappa shape index (κ1) is 17.2. The molecule has 2 aromatic rings. The van der Waals surface area contributed by atoms with Crippen LogP contribution in [0.1, 0.15) is 29.7 Å². The van der Waals surface area contributed by atoms with Crippen LogP contribution >= 0.6 is 0 Å². The van der Waals surface area contributed by atoms with Gasteiger partial charge in [0, 0.05) is 24.5 Å². The highest BCUT2D eigenvalue weighted by Crippen LogP contribution is 2.28. The average molecular weight is 349 g/mol. The molecular formula is C22H27N3O. The smallest absolute Gasteiger partial charge is 0.226 e. The monoisotopic (exact) mass is 349 g/mol. The zero-order valence-corrected chi connectivity index (χ0v) is 15.2. The Labute approximate surface area is 155 Å². The van der Waals surface area contributed by atoms with Gasteiger partial charge in [0.15, 0.2) is 0 Å². The van der Waals surface area contributed by atoms with Gasteiger partial charge in [-0.3, -0.25) is 14.7 Å². The van der Waals surface area contributed by atoms with Crippen LogP contribution < -0.4 is 5.32 Å². The van der Waals surface area contributed by atoms with Gasteiger partial charge in [0.25, 0.3) is 0 Å². The Morgan fingerprint density at radius 3 is 2.38 bits per heavy atom. The van der Waals surface area contributed by atoms with Crippen molar-refractivity contribution in [1.29, 1.82) is 0 Å². The SMILES string of the molecule is O=C(Cc1ccccn1)NCC1CCN(C2Cc3ccccc3C2)CC1. The number of benzene rings is 1. The normalized spacial score (nSPS) is 18.6. The highest BCUT2D eigenvalue weighted by atomic mass is 16.1. The van der Waals surface area contributed by atoms with Crippen molar-refractivity contribution in [2.24, 2.45) is 5.92 Å². The number of nitrogens with one attached hydrogen (secondary N) is 1. The van der Waals surface area contributed by atoms with E-state index in [0.29, 0.717) is 18.4 Å². The lowest BCUT2D eigenvalue weighted by molar-refractivity contribution is -0.120. The van der Waals surface area contributed by atoms with E-state index in [-0.39, 0.29) is 5.91 Å². The van der Waals surface area contributed by atoms with Gasteiger partial charge >= 0.3 is 0 Å². The molecule has 1 N–H and O–H groups in total. The van der Waals surface area contributed by atoms with Crippen LogP contribution in [0.2, 0.25) is 0 Å². The third kappa shape index (κ3) is 4.13. The molecule has 1 fully saturated rings. The van der Waals surface area contributed by atoms with Crippen molar-refractivity contribution in [3.05, 3.63) is 65.5 Å². The number of hydrogen-bond donors (Lipinski definition) is 1. The number of likely N-dealkylation sites (tertiary alicyclic amines) is 1. The van der Waals surface area contributed by atoms with Gasteiger partial charge in [-0.15, -0.1) is 0 Å². The lowest BCUT2D eigenvalue weighted by Crippen LogP contribution is -2.44. The van der Waals surface area contributed by atoms with E-state index in [9.17, 15) is 4.79 Å². The summed E-state index contributed by atoms with van der Waals surface area (Å²) < 4.78 is 0. The maximum Gasteiger partial charge on any atom is 0.226 e. The standard InChI is InChI=1S/C22H27N3O/c26-22(15-20-7-3-4-10-23-20)24-16-17-8-11-25(12-9-17)21-13-18-5-1-2-6-19(18)14-21/h1-7,10,17,21H,8-9,11-16H2,(H,24,26). The molecule has 0 spiro atoms. The number of rotatable bonds is 5. The molecule has 136 valence electrons. The lowest BCUT2D eigenvalue weighted by Gasteiger charge is -2.36. The fourth-order valence-electron chi connectivity index (χ4n) is 4.30. The summed E-state index contributed by atoms with van der Waals surface area (Å²) in [6.07, 6.45) is 6.86. The molecule has 1 aromatic heterocycles. The van der Waals surface area contributed by atoms with Gasteiger partial charge in [-0.2, -0.15) is 0 Å². The number of carbonyl (C=O) groups excluding carboxylic acids is 1. The van der Waals surface area contributed by atoms with Crippen LogP contribution in [-0.4, -0.2) is 41.5 Å². The van der Waals surface area contributed by atoms with Gasteiger partial charge in [-0.25, -0.2) is 0 Å². The molecule has 4 nitrogen and oxygen atoms in total. The first-order chi connectivity index (χ1) is 12.8. The third-order valence-electron chi connectivity index (χ3n) is 5.85. The number of nitrogens with zero attached hydrogens (tertiary/aromatic N) is 2. The topological polar surface area (TPSA) is 45.2 Å². The van der Waals surface area contributed by atoms with Crippen molar-refractivity contribution in [3.63, 3.8) is 0 Å². The Bertz CT molecular complexity index is 713. The van der Waals surface area contributed by atoms with Crippen molar-refractivity contribution < 1.29 is 4.79 Å². The number of fused-ring (bicyclic) bond motifs is 1. The molecule has 2 heterocycles. The molecule has 26 heavy (non-hydrogen) atoms. The van der Waals surface area contributed by atoms with E-state index in [1.807, 2.05) is 18.2 Å². The molecule has 0 atom stereocenters. The first-order valence-corrected chi connectivity index (χ1v) is 9.75. The molecule has 0 radical (unpaired) electrons. The van der Waals surface area contributed by atoms with E-state index in [0.717, 1.165) is 25.3 Å². The van der Waals surface area contributed by atoms with Gasteiger partial charge < -0.3 is 5.32 Å². The second kappa shape index (κ2) is 8.00. The summed E-state index contributed by atoms with van der Waals surface area (Å²) in [5, 5.41) is 3.10. The van der Waals surface area contributed by atoms with Gasteiger partial charge in [-0.05, 0) is 68.0 Å².